The van der Waals surface area contributed by atoms with Crippen LogP contribution in [-0.4, -0.2) is 52.6 Å². The van der Waals surface area contributed by atoms with Gasteiger partial charge in [0, 0.05) is 53.2 Å². The van der Waals surface area contributed by atoms with Gasteiger partial charge in [0.1, 0.15) is 5.69 Å². The van der Waals surface area contributed by atoms with E-state index in [1.165, 1.54) is 7.11 Å². The Kier molecular flexibility index (Phi) is 5.50. The molecule has 1 fully saturated rings. The number of carbonyl (C=O) groups excluding carboxylic acids is 2. The van der Waals surface area contributed by atoms with Crippen LogP contribution in [0, 0.1) is 5.92 Å². The maximum Gasteiger partial charge on any atom is 0.356 e. The van der Waals surface area contributed by atoms with Gasteiger partial charge in [0.25, 0.3) is 5.56 Å². The Morgan fingerprint density at radius 2 is 2.03 bits per heavy atom. The summed E-state index contributed by atoms with van der Waals surface area (Å²) >= 11 is 6.17. The number of halogens is 1. The molecule has 3 aromatic rings. The van der Waals surface area contributed by atoms with Crippen LogP contribution in [0.1, 0.15) is 35.4 Å². The van der Waals surface area contributed by atoms with Gasteiger partial charge in [-0.25, -0.2) is 4.79 Å². The third kappa shape index (κ3) is 3.83. The minimum Gasteiger partial charge on any atom is -0.464 e. The predicted octanol–water partition coefficient (Wildman–Crippen LogP) is 3.22. The van der Waals surface area contributed by atoms with Gasteiger partial charge in [-0.15, -0.1) is 0 Å². The fourth-order valence-corrected chi connectivity index (χ4v) is 5.36. The molecule has 8 nitrogen and oxygen atoms in total. The lowest BCUT2D eigenvalue weighted by molar-refractivity contribution is -0.121. The smallest absolute Gasteiger partial charge is 0.356 e. The summed E-state index contributed by atoms with van der Waals surface area (Å²) in [5.74, 6) is -0.269. The van der Waals surface area contributed by atoms with E-state index in [0.29, 0.717) is 40.6 Å². The first-order valence-electron chi connectivity index (χ1n) is 11.0. The van der Waals surface area contributed by atoms with Crippen molar-refractivity contribution in [1.82, 2.24) is 14.5 Å². The van der Waals surface area contributed by atoms with E-state index in [0.717, 1.165) is 18.7 Å². The highest BCUT2D eigenvalue weighted by atomic mass is 35.5. The lowest BCUT2D eigenvalue weighted by Crippen LogP contribution is -2.52. The molecule has 0 saturated carbocycles. The summed E-state index contributed by atoms with van der Waals surface area (Å²) in [5.41, 5.74) is 2.30. The molecule has 33 heavy (non-hydrogen) atoms. The number of carbonyl (C=O) groups is 2. The third-order valence-electron chi connectivity index (χ3n) is 6.83. The Balaban J connectivity index is 1.40. The second-order valence-corrected chi connectivity index (χ2v) is 9.31. The fourth-order valence-electron chi connectivity index (χ4n) is 5.19. The topological polar surface area (TPSA) is 96.4 Å². The highest BCUT2D eigenvalue weighted by Gasteiger charge is 2.37. The van der Waals surface area contributed by atoms with Crippen LogP contribution in [0.25, 0.3) is 10.9 Å². The number of ether oxygens (including phenoxy) is 1. The van der Waals surface area contributed by atoms with Crippen molar-refractivity contribution < 1.29 is 14.3 Å². The number of amides is 1. The maximum atomic E-state index is 13.3. The SMILES string of the molecule is COC(=O)c1[nH]c2ccc(Cl)cc2c1NC(=O)[C@H](C)N1C[C@H]2C[C@@H](C1)c1cccc(=O)n1C2. The van der Waals surface area contributed by atoms with Crippen LogP contribution in [0.5, 0.6) is 0 Å². The van der Waals surface area contributed by atoms with Crippen molar-refractivity contribution in [2.75, 3.05) is 25.5 Å². The Bertz CT molecular complexity index is 1310. The quantitative estimate of drug-likeness (QED) is 0.573. The molecular weight excluding hydrogens is 444 g/mol. The molecule has 1 saturated heterocycles. The van der Waals surface area contributed by atoms with Gasteiger partial charge in [0.05, 0.1) is 18.8 Å². The van der Waals surface area contributed by atoms with Crippen LogP contribution >= 0.6 is 11.6 Å². The van der Waals surface area contributed by atoms with Crippen molar-refractivity contribution >= 4 is 40.1 Å². The number of hydrogen-bond donors (Lipinski definition) is 2. The summed E-state index contributed by atoms with van der Waals surface area (Å²) in [4.78, 5) is 43.1. The number of esters is 1. The van der Waals surface area contributed by atoms with Crippen molar-refractivity contribution in [2.24, 2.45) is 5.92 Å². The highest BCUT2D eigenvalue weighted by molar-refractivity contribution is 6.31. The minimum atomic E-state index is -0.570. The van der Waals surface area contributed by atoms with Gasteiger partial charge >= 0.3 is 5.97 Å². The van der Waals surface area contributed by atoms with E-state index in [-0.39, 0.29) is 23.1 Å². The molecule has 4 heterocycles. The number of nitrogens with zero attached hydrogens (tertiary/aromatic N) is 2. The van der Waals surface area contributed by atoms with Gasteiger partial charge in [0.15, 0.2) is 0 Å². The van der Waals surface area contributed by atoms with E-state index in [1.54, 1.807) is 30.3 Å². The number of anilines is 1. The second-order valence-electron chi connectivity index (χ2n) is 8.87. The average molecular weight is 469 g/mol. The standard InChI is InChI=1S/C24H25ClN4O4/c1-13(28-10-14-8-15(12-28)19-4-3-5-20(30)29(19)11-14)23(31)27-21-17-9-16(25)6-7-18(17)26-22(21)24(32)33-2/h3-7,9,13-15,26H,8,10-12H2,1-2H3,(H,27,31)/t13-,14+,15-/m0/s1. The molecule has 2 aromatic heterocycles. The van der Waals surface area contributed by atoms with Gasteiger partial charge in [0.2, 0.25) is 5.91 Å². The summed E-state index contributed by atoms with van der Waals surface area (Å²) < 4.78 is 6.77. The molecular formula is C24H25ClN4O4. The fraction of sp³-hybridized carbons (Fsp3) is 0.375. The van der Waals surface area contributed by atoms with Crippen molar-refractivity contribution in [2.45, 2.75) is 31.8 Å². The molecule has 0 aliphatic carbocycles. The number of nitrogens with one attached hydrogen (secondary N) is 2. The molecule has 0 unspecified atom stereocenters. The van der Waals surface area contributed by atoms with Gasteiger partial charge in [-0.05, 0) is 43.5 Å². The molecule has 0 radical (unpaired) electrons. The van der Waals surface area contributed by atoms with Gasteiger partial charge in [-0.2, -0.15) is 0 Å². The Hall–Kier alpha value is -3.10. The van der Waals surface area contributed by atoms with E-state index < -0.39 is 12.0 Å². The molecule has 1 amide bonds. The van der Waals surface area contributed by atoms with Crippen LogP contribution in [0.4, 0.5) is 5.69 Å². The lowest BCUT2D eigenvalue weighted by atomic mass is 9.82. The first-order valence-corrected chi connectivity index (χ1v) is 11.4. The van der Waals surface area contributed by atoms with E-state index in [4.69, 9.17) is 16.3 Å². The number of hydrogen-bond acceptors (Lipinski definition) is 5. The molecule has 3 atom stereocenters. The summed E-state index contributed by atoms with van der Waals surface area (Å²) in [6.07, 6.45) is 1.02. The number of benzene rings is 1. The third-order valence-corrected chi connectivity index (χ3v) is 7.07. The summed E-state index contributed by atoms with van der Waals surface area (Å²) in [7, 11) is 1.30. The summed E-state index contributed by atoms with van der Waals surface area (Å²) in [5, 5.41) is 4.09. The number of H-pyrrole nitrogens is 1. The van der Waals surface area contributed by atoms with Crippen LogP contribution in [0.3, 0.4) is 0 Å². The van der Waals surface area contributed by atoms with E-state index in [9.17, 15) is 14.4 Å². The predicted molar refractivity (Wildman–Crippen MR) is 126 cm³/mol. The van der Waals surface area contributed by atoms with Gasteiger partial charge in [-0.3, -0.25) is 14.5 Å². The van der Waals surface area contributed by atoms with Crippen molar-refractivity contribution in [3.05, 3.63) is 63.2 Å². The number of piperidine rings is 1. The molecule has 2 N–H and O–H groups in total. The number of aromatic nitrogens is 2. The van der Waals surface area contributed by atoms with Crippen LogP contribution < -0.4 is 10.9 Å². The van der Waals surface area contributed by atoms with Crippen molar-refractivity contribution in [1.29, 1.82) is 0 Å². The largest absolute Gasteiger partial charge is 0.464 e. The number of rotatable bonds is 4. The lowest BCUT2D eigenvalue weighted by Gasteiger charge is -2.44. The number of fused-ring (bicyclic) bond motifs is 5. The number of aromatic amines is 1. The molecule has 0 spiro atoms. The zero-order valence-electron chi connectivity index (χ0n) is 18.4. The summed E-state index contributed by atoms with van der Waals surface area (Å²) in [6, 6.07) is 10.2. The van der Waals surface area contributed by atoms with Crippen molar-refractivity contribution in [3.63, 3.8) is 0 Å². The average Bonchev–Trinajstić information content (AvgIpc) is 3.16. The monoisotopic (exact) mass is 468 g/mol. The van der Waals surface area contributed by atoms with Gasteiger partial charge < -0.3 is 19.6 Å². The van der Waals surface area contributed by atoms with E-state index >= 15 is 0 Å². The molecule has 9 heteroatoms. The molecule has 2 bridgehead atoms. The number of methoxy groups -OCH3 is 1. The minimum absolute atomic E-state index is 0.0368. The van der Waals surface area contributed by atoms with E-state index in [2.05, 4.69) is 15.2 Å². The molecule has 2 aliphatic rings. The Labute approximate surface area is 195 Å². The first-order chi connectivity index (χ1) is 15.9. The van der Waals surface area contributed by atoms with Crippen LogP contribution in [0.2, 0.25) is 5.02 Å². The zero-order valence-corrected chi connectivity index (χ0v) is 19.2. The maximum absolute atomic E-state index is 13.3. The van der Waals surface area contributed by atoms with Crippen LogP contribution in [0.15, 0.2) is 41.2 Å². The highest BCUT2D eigenvalue weighted by Crippen LogP contribution is 2.36. The van der Waals surface area contributed by atoms with Crippen LogP contribution in [-0.2, 0) is 16.1 Å². The Morgan fingerprint density at radius 1 is 1.21 bits per heavy atom. The second kappa shape index (κ2) is 8.35. The first kappa shape index (κ1) is 21.7. The molecule has 172 valence electrons. The number of pyridine rings is 1. The van der Waals surface area contributed by atoms with Gasteiger partial charge in [-0.1, -0.05) is 17.7 Å². The zero-order chi connectivity index (χ0) is 23.3. The normalized spacial score (nSPS) is 20.8. The van der Waals surface area contributed by atoms with E-state index in [1.807, 2.05) is 17.6 Å². The molecule has 1 aromatic carbocycles. The molecule has 2 aliphatic heterocycles. The van der Waals surface area contributed by atoms with Crippen molar-refractivity contribution in [3.8, 4) is 0 Å². The molecule has 5 rings (SSSR count). The number of likely N-dealkylation sites (tertiary alicyclic amines) is 1. The Morgan fingerprint density at radius 3 is 2.82 bits per heavy atom. The summed E-state index contributed by atoms with van der Waals surface area (Å²) in [6.45, 7) is 3.96.